The quantitative estimate of drug-likeness (QED) is 0.700. The number of carbonyl (C=O) groups excluding carboxylic acids is 2. The minimum absolute atomic E-state index is 0.147. The van der Waals surface area contributed by atoms with Crippen LogP contribution < -0.4 is 21.7 Å². The Bertz CT molecular complexity index is 538. The number of nitrogens with one attached hydrogen (secondary N) is 1. The molecule has 1 aliphatic rings. The lowest BCUT2D eigenvalue weighted by molar-refractivity contribution is -0.116. The first-order valence-electron chi connectivity index (χ1n) is 7.19. The van der Waals surface area contributed by atoms with Crippen molar-refractivity contribution < 1.29 is 9.59 Å². The van der Waals surface area contributed by atoms with Crippen LogP contribution in [0.1, 0.15) is 36.0 Å². The molecule has 0 aromatic heterocycles. The van der Waals surface area contributed by atoms with Gasteiger partial charge < -0.3 is 21.7 Å². The average molecular weight is 290 g/mol. The first kappa shape index (κ1) is 15.2. The van der Waals surface area contributed by atoms with E-state index in [4.69, 9.17) is 11.5 Å². The Hall–Kier alpha value is -2.24. The molecule has 114 valence electrons. The van der Waals surface area contributed by atoms with Gasteiger partial charge in [-0.25, -0.2) is 0 Å². The third-order valence-electron chi connectivity index (χ3n) is 3.92. The van der Waals surface area contributed by atoms with Crippen LogP contribution in [0.5, 0.6) is 0 Å². The predicted octanol–water partition coefficient (Wildman–Crippen LogP) is 0.863. The fourth-order valence-corrected chi connectivity index (χ4v) is 2.90. The largest absolute Gasteiger partial charge is 0.397 e. The second-order valence-electron chi connectivity index (χ2n) is 5.39. The van der Waals surface area contributed by atoms with Crippen molar-refractivity contribution in [1.82, 2.24) is 5.32 Å². The molecule has 0 spiro atoms. The van der Waals surface area contributed by atoms with Crippen molar-refractivity contribution in [2.24, 2.45) is 5.73 Å². The Labute approximate surface area is 124 Å². The van der Waals surface area contributed by atoms with Crippen molar-refractivity contribution in [2.75, 3.05) is 24.2 Å². The first-order valence-corrected chi connectivity index (χ1v) is 7.19. The maximum Gasteiger partial charge on any atom is 0.251 e. The van der Waals surface area contributed by atoms with Gasteiger partial charge in [0.15, 0.2) is 0 Å². The number of nitrogens with two attached hydrogens (primary N) is 2. The van der Waals surface area contributed by atoms with Crippen LogP contribution in [0, 0.1) is 0 Å². The van der Waals surface area contributed by atoms with E-state index in [1.807, 2.05) is 4.90 Å². The normalized spacial score (nSPS) is 14.9. The molecule has 1 aliphatic carbocycles. The summed E-state index contributed by atoms with van der Waals surface area (Å²) in [4.78, 5) is 24.9. The highest BCUT2D eigenvalue weighted by Gasteiger charge is 2.25. The summed E-state index contributed by atoms with van der Waals surface area (Å²) >= 11 is 0. The van der Waals surface area contributed by atoms with Crippen LogP contribution in [-0.4, -0.2) is 31.4 Å². The van der Waals surface area contributed by atoms with Gasteiger partial charge in [-0.3, -0.25) is 9.59 Å². The van der Waals surface area contributed by atoms with Gasteiger partial charge in [0, 0.05) is 18.7 Å². The van der Waals surface area contributed by atoms with Gasteiger partial charge in [-0.1, -0.05) is 12.8 Å². The van der Waals surface area contributed by atoms with Crippen LogP contribution in [-0.2, 0) is 4.79 Å². The molecule has 0 atom stereocenters. The molecular formula is C15H22N4O2. The van der Waals surface area contributed by atoms with Crippen LogP contribution in [0.3, 0.4) is 0 Å². The number of nitrogens with zero attached hydrogens (tertiary/aromatic N) is 1. The van der Waals surface area contributed by atoms with Gasteiger partial charge in [0.05, 0.1) is 17.9 Å². The standard InChI is InChI=1S/C15H22N4O2/c1-18-15(21)10-6-7-13(12(16)8-10)19(9-14(17)20)11-4-2-3-5-11/h6-8,11H,2-5,9,16H2,1H3,(H2,17,20)(H,18,21). The minimum Gasteiger partial charge on any atom is -0.397 e. The van der Waals surface area contributed by atoms with Gasteiger partial charge >= 0.3 is 0 Å². The molecule has 0 unspecified atom stereocenters. The van der Waals surface area contributed by atoms with E-state index in [9.17, 15) is 9.59 Å². The summed E-state index contributed by atoms with van der Waals surface area (Å²) in [6.07, 6.45) is 4.36. The zero-order chi connectivity index (χ0) is 15.4. The summed E-state index contributed by atoms with van der Waals surface area (Å²) in [5, 5.41) is 2.56. The number of rotatable bonds is 5. The maximum atomic E-state index is 11.6. The third kappa shape index (κ3) is 3.45. The van der Waals surface area contributed by atoms with Crippen LogP contribution in [0.25, 0.3) is 0 Å². The van der Waals surface area contributed by atoms with E-state index in [0.717, 1.165) is 31.4 Å². The number of anilines is 2. The van der Waals surface area contributed by atoms with E-state index in [1.165, 1.54) is 0 Å². The molecule has 0 aliphatic heterocycles. The highest BCUT2D eigenvalue weighted by atomic mass is 16.2. The van der Waals surface area contributed by atoms with Gasteiger partial charge in [0.1, 0.15) is 0 Å². The topological polar surface area (TPSA) is 101 Å². The van der Waals surface area contributed by atoms with E-state index in [2.05, 4.69) is 5.32 Å². The fraction of sp³-hybridized carbons (Fsp3) is 0.467. The SMILES string of the molecule is CNC(=O)c1ccc(N(CC(N)=O)C2CCCC2)c(N)c1. The molecule has 0 saturated heterocycles. The Balaban J connectivity index is 2.30. The predicted molar refractivity (Wildman–Crippen MR) is 83.0 cm³/mol. The highest BCUT2D eigenvalue weighted by Crippen LogP contribution is 2.32. The summed E-state index contributed by atoms with van der Waals surface area (Å²) in [6, 6.07) is 5.43. The molecule has 6 heteroatoms. The smallest absolute Gasteiger partial charge is 0.251 e. The number of primary amides is 1. The van der Waals surface area contributed by atoms with E-state index in [-0.39, 0.29) is 24.4 Å². The molecule has 1 aromatic rings. The zero-order valence-corrected chi connectivity index (χ0v) is 12.3. The molecule has 2 rings (SSSR count). The summed E-state index contributed by atoms with van der Waals surface area (Å²) < 4.78 is 0. The zero-order valence-electron chi connectivity index (χ0n) is 12.3. The summed E-state index contributed by atoms with van der Waals surface area (Å²) in [5.74, 6) is -0.563. The lowest BCUT2D eigenvalue weighted by Gasteiger charge is -2.31. The lowest BCUT2D eigenvalue weighted by atomic mass is 10.1. The number of amides is 2. The van der Waals surface area contributed by atoms with Gasteiger partial charge in [-0.15, -0.1) is 0 Å². The molecule has 0 heterocycles. The van der Waals surface area contributed by atoms with Crippen LogP contribution >= 0.6 is 0 Å². The first-order chi connectivity index (χ1) is 10.0. The molecule has 1 saturated carbocycles. The average Bonchev–Trinajstić information content (AvgIpc) is 2.98. The molecule has 0 bridgehead atoms. The van der Waals surface area contributed by atoms with Crippen molar-refractivity contribution in [2.45, 2.75) is 31.7 Å². The van der Waals surface area contributed by atoms with Crippen LogP contribution in [0.2, 0.25) is 0 Å². The number of carbonyl (C=O) groups is 2. The summed E-state index contributed by atoms with van der Waals surface area (Å²) in [7, 11) is 1.57. The van der Waals surface area contributed by atoms with E-state index >= 15 is 0 Å². The molecule has 1 aromatic carbocycles. The van der Waals surface area contributed by atoms with Crippen LogP contribution in [0.15, 0.2) is 18.2 Å². The van der Waals surface area contributed by atoms with E-state index < -0.39 is 0 Å². The van der Waals surface area contributed by atoms with Gasteiger partial charge in [-0.05, 0) is 31.0 Å². The lowest BCUT2D eigenvalue weighted by Crippen LogP contribution is -2.40. The van der Waals surface area contributed by atoms with Gasteiger partial charge in [0.25, 0.3) is 5.91 Å². The molecule has 6 nitrogen and oxygen atoms in total. The van der Waals surface area contributed by atoms with Crippen molar-refractivity contribution in [3.05, 3.63) is 23.8 Å². The number of hydrogen-bond acceptors (Lipinski definition) is 4. The van der Waals surface area contributed by atoms with Gasteiger partial charge in [0.2, 0.25) is 5.91 Å². The maximum absolute atomic E-state index is 11.6. The molecule has 5 N–H and O–H groups in total. The number of nitrogen functional groups attached to an aromatic ring is 1. The highest BCUT2D eigenvalue weighted by molar-refractivity contribution is 5.96. The molecule has 0 radical (unpaired) electrons. The summed E-state index contributed by atoms with van der Waals surface area (Å²) in [5.41, 5.74) is 13.2. The number of hydrogen-bond donors (Lipinski definition) is 3. The third-order valence-corrected chi connectivity index (χ3v) is 3.92. The summed E-state index contributed by atoms with van der Waals surface area (Å²) in [6.45, 7) is 0.147. The van der Waals surface area contributed by atoms with Crippen molar-refractivity contribution in [3.63, 3.8) is 0 Å². The second kappa shape index (κ2) is 6.47. The second-order valence-corrected chi connectivity index (χ2v) is 5.39. The molecule has 21 heavy (non-hydrogen) atoms. The Morgan fingerprint density at radius 1 is 1.33 bits per heavy atom. The Morgan fingerprint density at radius 3 is 2.52 bits per heavy atom. The molecular weight excluding hydrogens is 268 g/mol. The van der Waals surface area contributed by atoms with Gasteiger partial charge in [-0.2, -0.15) is 0 Å². The van der Waals surface area contributed by atoms with Crippen molar-refractivity contribution in [1.29, 1.82) is 0 Å². The van der Waals surface area contributed by atoms with E-state index in [1.54, 1.807) is 25.2 Å². The molecule has 1 fully saturated rings. The molecule has 2 amide bonds. The van der Waals surface area contributed by atoms with Crippen molar-refractivity contribution >= 4 is 23.2 Å². The van der Waals surface area contributed by atoms with E-state index in [0.29, 0.717) is 11.3 Å². The fourth-order valence-electron chi connectivity index (χ4n) is 2.90. The monoisotopic (exact) mass is 290 g/mol. The Morgan fingerprint density at radius 2 is 2.00 bits per heavy atom. The number of benzene rings is 1. The van der Waals surface area contributed by atoms with Crippen molar-refractivity contribution in [3.8, 4) is 0 Å². The van der Waals surface area contributed by atoms with Crippen LogP contribution in [0.4, 0.5) is 11.4 Å². The minimum atomic E-state index is -0.378. The Kier molecular flexibility index (Phi) is 4.67.